The number of carbonyl (C=O) groups excluding carboxylic acids is 1. The molecular weight excluding hydrogens is 310 g/mol. The molecular formula is C14H18BrNO3. The molecule has 0 fully saturated rings. The summed E-state index contributed by atoms with van der Waals surface area (Å²) in [4.78, 5) is 23.2. The molecule has 0 radical (unpaired) electrons. The number of hydrogen-bond donors (Lipinski definition) is 2. The van der Waals surface area contributed by atoms with E-state index in [0.29, 0.717) is 12.0 Å². The van der Waals surface area contributed by atoms with Crippen LogP contribution in [-0.4, -0.2) is 23.0 Å². The predicted octanol–water partition coefficient (Wildman–Crippen LogP) is 3.13. The van der Waals surface area contributed by atoms with Gasteiger partial charge in [-0.15, -0.1) is 0 Å². The Labute approximate surface area is 121 Å². The minimum atomic E-state index is -0.991. The minimum absolute atomic E-state index is 0.345. The zero-order chi connectivity index (χ0) is 14.4. The number of carbonyl (C=O) groups is 2. The molecule has 1 amide bonds. The van der Waals surface area contributed by atoms with Crippen LogP contribution in [0, 0.1) is 6.92 Å². The lowest BCUT2D eigenvalue weighted by Gasteiger charge is -2.15. The third-order valence-electron chi connectivity index (χ3n) is 2.96. The van der Waals surface area contributed by atoms with Gasteiger partial charge in [-0.1, -0.05) is 41.8 Å². The molecule has 1 unspecified atom stereocenters. The second-order valence-electron chi connectivity index (χ2n) is 4.42. The zero-order valence-electron chi connectivity index (χ0n) is 11.1. The molecule has 0 heterocycles. The van der Waals surface area contributed by atoms with Gasteiger partial charge in [0.1, 0.15) is 6.04 Å². The number of benzene rings is 1. The summed E-state index contributed by atoms with van der Waals surface area (Å²) in [7, 11) is 0. The second kappa shape index (κ2) is 7.28. The molecule has 5 heteroatoms. The van der Waals surface area contributed by atoms with E-state index in [1.807, 2.05) is 19.9 Å². The topological polar surface area (TPSA) is 66.4 Å². The van der Waals surface area contributed by atoms with Crippen LogP contribution in [0.2, 0.25) is 0 Å². The van der Waals surface area contributed by atoms with E-state index < -0.39 is 12.0 Å². The van der Waals surface area contributed by atoms with Crippen molar-refractivity contribution in [1.29, 1.82) is 0 Å². The van der Waals surface area contributed by atoms with Gasteiger partial charge in [-0.2, -0.15) is 0 Å². The van der Waals surface area contributed by atoms with E-state index >= 15 is 0 Å². The molecule has 0 aliphatic rings. The average molecular weight is 328 g/mol. The Morgan fingerprint density at radius 2 is 2.11 bits per heavy atom. The number of rotatable bonds is 6. The van der Waals surface area contributed by atoms with Crippen LogP contribution in [0.25, 0.3) is 0 Å². The first-order valence-electron chi connectivity index (χ1n) is 6.26. The monoisotopic (exact) mass is 327 g/mol. The summed E-state index contributed by atoms with van der Waals surface area (Å²) in [6, 6.07) is 4.46. The number of carboxylic acids is 1. The molecule has 0 aliphatic heterocycles. The van der Waals surface area contributed by atoms with Gasteiger partial charge in [0, 0.05) is 10.0 Å². The van der Waals surface area contributed by atoms with Crippen LogP contribution in [-0.2, 0) is 4.79 Å². The molecule has 1 aromatic rings. The molecule has 4 nitrogen and oxygen atoms in total. The first-order valence-corrected chi connectivity index (χ1v) is 7.05. The Balaban J connectivity index is 2.82. The van der Waals surface area contributed by atoms with Crippen molar-refractivity contribution < 1.29 is 14.7 Å². The number of amides is 1. The molecule has 104 valence electrons. The van der Waals surface area contributed by atoms with Crippen LogP contribution in [0.4, 0.5) is 0 Å². The Hall–Kier alpha value is -1.36. The molecule has 0 aromatic heterocycles. The van der Waals surface area contributed by atoms with Crippen molar-refractivity contribution in [1.82, 2.24) is 5.32 Å². The van der Waals surface area contributed by atoms with Crippen LogP contribution in [0.5, 0.6) is 0 Å². The lowest BCUT2D eigenvalue weighted by atomic mass is 10.1. The Morgan fingerprint density at radius 1 is 1.42 bits per heavy atom. The minimum Gasteiger partial charge on any atom is -0.480 e. The fraction of sp³-hybridized carbons (Fsp3) is 0.429. The van der Waals surface area contributed by atoms with E-state index in [2.05, 4.69) is 21.2 Å². The van der Waals surface area contributed by atoms with Crippen LogP contribution in [0.1, 0.15) is 42.1 Å². The number of hydrogen-bond acceptors (Lipinski definition) is 2. The summed E-state index contributed by atoms with van der Waals surface area (Å²) >= 11 is 3.36. The predicted molar refractivity (Wildman–Crippen MR) is 77.3 cm³/mol. The fourth-order valence-electron chi connectivity index (χ4n) is 1.76. The molecule has 0 spiro atoms. The van der Waals surface area contributed by atoms with E-state index in [1.54, 1.807) is 12.1 Å². The lowest BCUT2D eigenvalue weighted by molar-refractivity contribution is -0.139. The SMILES string of the molecule is CCCCC(NC(=O)c1cccc(Br)c1C)C(=O)O. The highest BCUT2D eigenvalue weighted by Gasteiger charge is 2.21. The second-order valence-corrected chi connectivity index (χ2v) is 5.27. The number of halogens is 1. The highest BCUT2D eigenvalue weighted by atomic mass is 79.9. The summed E-state index contributed by atoms with van der Waals surface area (Å²) < 4.78 is 0.834. The molecule has 2 N–H and O–H groups in total. The third kappa shape index (κ3) is 4.35. The van der Waals surface area contributed by atoms with Gasteiger partial charge in [-0.3, -0.25) is 4.79 Å². The van der Waals surface area contributed by atoms with Gasteiger partial charge in [0.15, 0.2) is 0 Å². The van der Waals surface area contributed by atoms with Gasteiger partial charge in [0.25, 0.3) is 5.91 Å². The van der Waals surface area contributed by atoms with E-state index in [0.717, 1.165) is 22.9 Å². The quantitative estimate of drug-likeness (QED) is 0.843. The van der Waals surface area contributed by atoms with Gasteiger partial charge in [-0.05, 0) is 31.0 Å². The Kier molecular flexibility index (Phi) is 6.02. The smallest absolute Gasteiger partial charge is 0.326 e. The molecule has 0 aliphatic carbocycles. The van der Waals surface area contributed by atoms with Crippen LogP contribution in [0.15, 0.2) is 22.7 Å². The fourth-order valence-corrected chi connectivity index (χ4v) is 2.12. The first kappa shape index (κ1) is 15.7. The zero-order valence-corrected chi connectivity index (χ0v) is 12.7. The van der Waals surface area contributed by atoms with Gasteiger partial charge in [-0.25, -0.2) is 4.79 Å². The summed E-state index contributed by atoms with van der Waals surface area (Å²) in [5, 5.41) is 11.7. The molecule has 0 bridgehead atoms. The van der Waals surface area contributed by atoms with Crippen LogP contribution < -0.4 is 5.32 Å². The molecule has 1 aromatic carbocycles. The molecule has 1 rings (SSSR count). The molecule has 0 saturated carbocycles. The van der Waals surface area contributed by atoms with Crippen molar-refractivity contribution in [2.75, 3.05) is 0 Å². The average Bonchev–Trinajstić information content (AvgIpc) is 2.37. The van der Waals surface area contributed by atoms with Crippen LogP contribution >= 0.6 is 15.9 Å². The van der Waals surface area contributed by atoms with Crippen molar-refractivity contribution >= 4 is 27.8 Å². The van der Waals surface area contributed by atoms with Gasteiger partial charge >= 0.3 is 5.97 Å². The summed E-state index contributed by atoms with van der Waals surface area (Å²) in [5.74, 6) is -1.34. The van der Waals surface area contributed by atoms with Gasteiger partial charge in [0.05, 0.1) is 0 Å². The maximum atomic E-state index is 12.1. The largest absolute Gasteiger partial charge is 0.480 e. The highest BCUT2D eigenvalue weighted by Crippen LogP contribution is 2.19. The molecule has 1 atom stereocenters. The standard InChI is InChI=1S/C14H18BrNO3/c1-3-4-8-12(14(18)19)16-13(17)10-6-5-7-11(15)9(10)2/h5-7,12H,3-4,8H2,1-2H3,(H,16,17)(H,18,19). The van der Waals surface area contributed by atoms with Crippen LogP contribution in [0.3, 0.4) is 0 Å². The molecule has 19 heavy (non-hydrogen) atoms. The highest BCUT2D eigenvalue weighted by molar-refractivity contribution is 9.10. The lowest BCUT2D eigenvalue weighted by Crippen LogP contribution is -2.41. The number of aliphatic carboxylic acids is 1. The normalized spacial score (nSPS) is 11.9. The van der Waals surface area contributed by atoms with Gasteiger partial charge in [0.2, 0.25) is 0 Å². The Morgan fingerprint density at radius 3 is 2.68 bits per heavy atom. The van der Waals surface area contributed by atoms with Crippen molar-refractivity contribution in [2.45, 2.75) is 39.2 Å². The van der Waals surface area contributed by atoms with Crippen molar-refractivity contribution in [3.05, 3.63) is 33.8 Å². The number of unbranched alkanes of at least 4 members (excludes halogenated alkanes) is 1. The van der Waals surface area contributed by atoms with Crippen molar-refractivity contribution in [3.8, 4) is 0 Å². The van der Waals surface area contributed by atoms with Crippen molar-refractivity contribution in [2.24, 2.45) is 0 Å². The number of carboxylic acid groups (broad SMARTS) is 1. The van der Waals surface area contributed by atoms with E-state index in [4.69, 9.17) is 5.11 Å². The first-order chi connectivity index (χ1) is 8.97. The van der Waals surface area contributed by atoms with E-state index in [1.165, 1.54) is 0 Å². The third-order valence-corrected chi connectivity index (χ3v) is 3.82. The number of nitrogens with one attached hydrogen (secondary N) is 1. The Bertz CT molecular complexity index is 474. The van der Waals surface area contributed by atoms with E-state index in [-0.39, 0.29) is 5.91 Å². The maximum Gasteiger partial charge on any atom is 0.326 e. The summed E-state index contributed by atoms with van der Waals surface area (Å²) in [5.41, 5.74) is 1.30. The van der Waals surface area contributed by atoms with Crippen molar-refractivity contribution in [3.63, 3.8) is 0 Å². The summed E-state index contributed by atoms with van der Waals surface area (Å²) in [6.07, 6.45) is 2.12. The molecule has 0 saturated heterocycles. The van der Waals surface area contributed by atoms with E-state index in [9.17, 15) is 9.59 Å². The summed E-state index contributed by atoms with van der Waals surface area (Å²) in [6.45, 7) is 3.81. The maximum absolute atomic E-state index is 12.1. The van der Waals surface area contributed by atoms with Gasteiger partial charge < -0.3 is 10.4 Å².